The molecule has 0 saturated heterocycles. The summed E-state index contributed by atoms with van der Waals surface area (Å²) in [7, 11) is -2.92. The second-order valence-corrected chi connectivity index (χ2v) is 6.02. The first-order valence-electron chi connectivity index (χ1n) is 4.37. The normalized spacial score (nSPS) is 13.2. The number of ether oxygens (including phenoxy) is 1. The van der Waals surface area contributed by atoms with Crippen LogP contribution in [-0.2, 0) is 14.6 Å². The van der Waals surface area contributed by atoms with Crippen molar-refractivity contribution in [2.24, 2.45) is 5.73 Å². The van der Waals surface area contributed by atoms with Gasteiger partial charge in [0, 0.05) is 12.3 Å². The van der Waals surface area contributed by atoms with Crippen LogP contribution in [0.1, 0.15) is 20.8 Å². The first-order chi connectivity index (χ1) is 5.83. The highest BCUT2D eigenvalue weighted by molar-refractivity contribution is 7.91. The van der Waals surface area contributed by atoms with Crippen LogP contribution < -0.4 is 5.73 Å². The van der Waals surface area contributed by atoms with E-state index in [-0.39, 0.29) is 18.1 Å². The third kappa shape index (κ3) is 6.01. The molecule has 0 unspecified atom stereocenters. The van der Waals surface area contributed by atoms with Crippen LogP contribution in [0.2, 0.25) is 0 Å². The summed E-state index contributed by atoms with van der Waals surface area (Å²) >= 11 is 0. The lowest BCUT2D eigenvalue weighted by Gasteiger charge is -2.22. The first kappa shape index (κ1) is 12.9. The van der Waals surface area contributed by atoms with Gasteiger partial charge in [-0.15, -0.1) is 0 Å². The molecule has 13 heavy (non-hydrogen) atoms. The molecule has 0 aliphatic heterocycles. The molecule has 0 radical (unpaired) electrons. The van der Waals surface area contributed by atoms with Crippen LogP contribution in [0.3, 0.4) is 0 Å². The lowest BCUT2D eigenvalue weighted by atomic mass is 10.1. The molecule has 0 heterocycles. The zero-order chi connectivity index (χ0) is 10.5. The molecule has 2 N–H and O–H groups in total. The third-order valence-corrected chi connectivity index (χ3v) is 3.49. The van der Waals surface area contributed by atoms with E-state index in [0.717, 1.165) is 0 Å². The van der Waals surface area contributed by atoms with Crippen LogP contribution in [0.5, 0.6) is 0 Å². The molecule has 80 valence electrons. The summed E-state index contributed by atoms with van der Waals surface area (Å²) in [5.41, 5.74) is 4.99. The Morgan fingerprint density at radius 2 is 1.92 bits per heavy atom. The van der Waals surface area contributed by atoms with Crippen molar-refractivity contribution in [3.63, 3.8) is 0 Å². The maximum atomic E-state index is 11.1. The van der Waals surface area contributed by atoms with E-state index in [0.29, 0.717) is 6.54 Å². The van der Waals surface area contributed by atoms with E-state index in [9.17, 15) is 8.42 Å². The molecule has 0 fully saturated rings. The van der Waals surface area contributed by atoms with Crippen LogP contribution in [0.4, 0.5) is 0 Å². The van der Waals surface area contributed by atoms with Crippen LogP contribution in [0.25, 0.3) is 0 Å². The quantitative estimate of drug-likeness (QED) is 0.677. The van der Waals surface area contributed by atoms with Gasteiger partial charge in [-0.1, -0.05) is 6.92 Å². The maximum absolute atomic E-state index is 11.1. The van der Waals surface area contributed by atoms with Crippen molar-refractivity contribution in [1.82, 2.24) is 0 Å². The molecule has 0 aromatic heterocycles. The largest absolute Gasteiger partial charge is 0.373 e. The highest BCUT2D eigenvalue weighted by atomic mass is 32.2. The van der Waals surface area contributed by atoms with Crippen molar-refractivity contribution >= 4 is 9.84 Å². The average molecular weight is 209 g/mol. The molecule has 0 amide bonds. The molecule has 0 aromatic carbocycles. The van der Waals surface area contributed by atoms with Gasteiger partial charge in [0.05, 0.1) is 18.0 Å². The minimum absolute atomic E-state index is 0.0763. The Kier molecular flexibility index (Phi) is 4.88. The second-order valence-electron chi connectivity index (χ2n) is 3.55. The first-order valence-corrected chi connectivity index (χ1v) is 6.19. The van der Waals surface area contributed by atoms with Crippen molar-refractivity contribution in [3.05, 3.63) is 0 Å². The molecule has 0 saturated carbocycles. The van der Waals surface area contributed by atoms with Gasteiger partial charge in [0.1, 0.15) is 0 Å². The minimum Gasteiger partial charge on any atom is -0.373 e. The van der Waals surface area contributed by atoms with Crippen molar-refractivity contribution in [3.8, 4) is 0 Å². The van der Waals surface area contributed by atoms with E-state index in [1.54, 1.807) is 6.92 Å². The fourth-order valence-electron chi connectivity index (χ4n) is 0.648. The van der Waals surface area contributed by atoms with E-state index < -0.39 is 15.4 Å². The van der Waals surface area contributed by atoms with Crippen LogP contribution in [0.15, 0.2) is 0 Å². The highest BCUT2D eigenvalue weighted by Gasteiger charge is 2.17. The molecular formula is C8H19NO3S. The van der Waals surface area contributed by atoms with Crippen molar-refractivity contribution < 1.29 is 13.2 Å². The monoisotopic (exact) mass is 209 g/mol. The molecule has 4 nitrogen and oxygen atoms in total. The minimum atomic E-state index is -2.92. The molecule has 0 bridgehead atoms. The van der Waals surface area contributed by atoms with Crippen molar-refractivity contribution in [2.75, 3.05) is 24.7 Å². The van der Waals surface area contributed by atoms with E-state index in [2.05, 4.69) is 0 Å². The van der Waals surface area contributed by atoms with E-state index in [1.807, 2.05) is 13.8 Å². The number of hydrogen-bond acceptors (Lipinski definition) is 4. The zero-order valence-electron chi connectivity index (χ0n) is 8.54. The molecular weight excluding hydrogens is 190 g/mol. The molecule has 5 heteroatoms. The predicted octanol–water partition coefficient (Wildman–Crippen LogP) is 0.175. The molecule has 0 aromatic rings. The fraction of sp³-hybridized carbons (Fsp3) is 1.00. The van der Waals surface area contributed by atoms with Crippen molar-refractivity contribution in [1.29, 1.82) is 0 Å². The summed E-state index contributed by atoms with van der Waals surface area (Å²) in [5, 5.41) is 0. The Labute approximate surface area is 80.4 Å². The maximum Gasteiger partial charge on any atom is 0.152 e. The summed E-state index contributed by atoms with van der Waals surface area (Å²) in [4.78, 5) is 0. The molecule has 0 aliphatic rings. The summed E-state index contributed by atoms with van der Waals surface area (Å²) in [5.74, 6) is 0.242. The number of rotatable bonds is 6. The van der Waals surface area contributed by atoms with Gasteiger partial charge in [-0.25, -0.2) is 8.42 Å². The predicted molar refractivity (Wildman–Crippen MR) is 53.4 cm³/mol. The van der Waals surface area contributed by atoms with Crippen molar-refractivity contribution in [2.45, 2.75) is 26.4 Å². The van der Waals surface area contributed by atoms with Gasteiger partial charge in [-0.05, 0) is 13.8 Å². The second kappa shape index (κ2) is 4.93. The van der Waals surface area contributed by atoms with Crippen LogP contribution in [-0.4, -0.2) is 38.7 Å². The average Bonchev–Trinajstić information content (AvgIpc) is 2.04. The summed E-state index contributed by atoms with van der Waals surface area (Å²) in [6, 6.07) is 0. The van der Waals surface area contributed by atoms with E-state index in [4.69, 9.17) is 10.5 Å². The Bertz CT molecular complexity index is 234. The highest BCUT2D eigenvalue weighted by Crippen LogP contribution is 2.06. The molecule has 0 aliphatic carbocycles. The summed E-state index contributed by atoms with van der Waals surface area (Å²) in [6.07, 6.45) is 0. The Morgan fingerprint density at radius 1 is 1.38 bits per heavy atom. The van der Waals surface area contributed by atoms with Gasteiger partial charge >= 0.3 is 0 Å². The van der Waals surface area contributed by atoms with Crippen LogP contribution >= 0.6 is 0 Å². The smallest absolute Gasteiger partial charge is 0.152 e. The Balaban J connectivity index is 3.81. The van der Waals surface area contributed by atoms with Gasteiger partial charge in [-0.3, -0.25) is 0 Å². The number of sulfone groups is 1. The molecule has 0 spiro atoms. The van der Waals surface area contributed by atoms with Gasteiger partial charge in [-0.2, -0.15) is 0 Å². The summed E-state index contributed by atoms with van der Waals surface area (Å²) < 4.78 is 27.4. The van der Waals surface area contributed by atoms with Gasteiger partial charge in [0.2, 0.25) is 0 Å². The Hall–Kier alpha value is -0.130. The zero-order valence-corrected chi connectivity index (χ0v) is 9.36. The van der Waals surface area contributed by atoms with Gasteiger partial charge < -0.3 is 10.5 Å². The summed E-state index contributed by atoms with van der Waals surface area (Å²) in [6.45, 7) is 5.92. The lowest BCUT2D eigenvalue weighted by molar-refractivity contribution is -0.00139. The van der Waals surface area contributed by atoms with Crippen LogP contribution in [0, 0.1) is 0 Å². The molecule has 0 atom stereocenters. The SMILES string of the molecule is CCS(=O)(=O)CCOC(C)(C)CN. The molecule has 0 rings (SSSR count). The lowest BCUT2D eigenvalue weighted by Crippen LogP contribution is -2.35. The standard InChI is InChI=1S/C8H19NO3S/c1-4-13(10,11)6-5-12-8(2,3)7-9/h4-7,9H2,1-3H3. The number of nitrogens with two attached hydrogens (primary N) is 1. The van der Waals surface area contributed by atoms with E-state index >= 15 is 0 Å². The third-order valence-electron chi connectivity index (χ3n) is 1.82. The fourth-order valence-corrected chi connectivity index (χ4v) is 1.27. The Morgan fingerprint density at radius 3 is 2.31 bits per heavy atom. The van der Waals surface area contributed by atoms with Gasteiger partial charge in [0.25, 0.3) is 0 Å². The van der Waals surface area contributed by atoms with Gasteiger partial charge in [0.15, 0.2) is 9.84 Å². The number of hydrogen-bond donors (Lipinski definition) is 1. The van der Waals surface area contributed by atoms with E-state index in [1.165, 1.54) is 0 Å². The topological polar surface area (TPSA) is 69.4 Å².